The topological polar surface area (TPSA) is 0 Å². The third kappa shape index (κ3) is 8.12. The molecule has 8 aromatic carbocycles. The second-order valence-electron chi connectivity index (χ2n) is 12.6. The fraction of sp³-hybridized carbons (Fsp3) is 0.136. The normalized spacial score (nSPS) is 10.6. The summed E-state index contributed by atoms with van der Waals surface area (Å²) in [5.74, 6) is 0.563. The van der Waals surface area contributed by atoms with Gasteiger partial charge < -0.3 is 24.8 Å². The van der Waals surface area contributed by atoms with E-state index in [1.807, 2.05) is 0 Å². The SMILES string of the molecule is CC(C)c1cc2c(-c3cccc4ccccc34)cccc2[cH-]1.C[Si](C)=[Zr+2].Cc1ccc(-c2cccc3ccccc23)c2cc[cH-]c12.[Cl-].[Cl-]. The molecule has 0 bridgehead atoms. The molecule has 48 heavy (non-hydrogen) atoms. The number of aryl methyl sites for hydroxylation is 1. The van der Waals surface area contributed by atoms with Crippen LogP contribution < -0.4 is 24.8 Å². The van der Waals surface area contributed by atoms with Gasteiger partial charge in [0.1, 0.15) is 0 Å². The second kappa shape index (κ2) is 16.9. The fourth-order valence-corrected chi connectivity index (χ4v) is 6.37. The van der Waals surface area contributed by atoms with E-state index in [-0.39, 0.29) is 30.2 Å². The quantitative estimate of drug-likeness (QED) is 0.135. The van der Waals surface area contributed by atoms with Gasteiger partial charge in [0.25, 0.3) is 0 Å². The first-order chi connectivity index (χ1) is 22.3. The summed E-state index contributed by atoms with van der Waals surface area (Å²) in [7, 11) is 0. The van der Waals surface area contributed by atoms with Crippen molar-refractivity contribution in [2.45, 2.75) is 39.8 Å². The van der Waals surface area contributed by atoms with E-state index in [4.69, 9.17) is 0 Å². The van der Waals surface area contributed by atoms with Crippen LogP contribution in [0.15, 0.2) is 146 Å². The van der Waals surface area contributed by atoms with Crippen LogP contribution in [0.25, 0.3) is 65.3 Å². The van der Waals surface area contributed by atoms with Gasteiger partial charge in [0.05, 0.1) is 0 Å². The third-order valence-corrected chi connectivity index (χ3v) is 8.63. The van der Waals surface area contributed by atoms with Gasteiger partial charge in [0.15, 0.2) is 0 Å². The van der Waals surface area contributed by atoms with Gasteiger partial charge in [-0.25, -0.2) is 0 Å². The van der Waals surface area contributed by atoms with Crippen LogP contribution >= 0.6 is 0 Å². The molecule has 4 heteroatoms. The molecule has 0 aliphatic carbocycles. The predicted octanol–water partition coefficient (Wildman–Crippen LogP) is 6.98. The first-order valence-electron chi connectivity index (χ1n) is 16.1. The summed E-state index contributed by atoms with van der Waals surface area (Å²) in [6, 6.07) is 52.7. The number of halogens is 2. The molecule has 0 fully saturated rings. The Morgan fingerprint density at radius 3 is 1.60 bits per heavy atom. The van der Waals surface area contributed by atoms with Crippen LogP contribution in [0.5, 0.6) is 0 Å². The maximum atomic E-state index is 2.36. The first-order valence-corrected chi connectivity index (χ1v) is 22.3. The molecule has 240 valence electrons. The fourth-order valence-electron chi connectivity index (χ4n) is 6.37. The maximum absolute atomic E-state index is 2.36. The number of hydrogen-bond acceptors (Lipinski definition) is 0. The molecule has 0 aliphatic heterocycles. The molecule has 0 amide bonds. The summed E-state index contributed by atoms with van der Waals surface area (Å²) >= 11 is 1.74. The molecule has 8 rings (SSSR count). The standard InChI is InChI=1S/C22H19.C20H15.C2H6Si.2ClH.Zr/c1-15(2)18-13-17-9-6-12-21(22(17)14-18)20-11-5-8-16-7-3-4-10-19(16)20;1-14-12-13-20(18-11-5-9-16(14)18)19-10-4-7-15-6-2-3-8-17(15)19;1-3-2;;;/h3-15H,1-2H3;2-13H,1H3;1-2H3;2*1H;/q2*-1;;;;+2/p-2. The summed E-state index contributed by atoms with van der Waals surface area (Å²) in [6.45, 7) is 11.3. The zero-order chi connectivity index (χ0) is 32.2. The van der Waals surface area contributed by atoms with Crippen LogP contribution in [-0.4, -0.2) is 5.43 Å². The Hall–Kier alpha value is -3.26. The first kappa shape index (κ1) is 37.6. The molecule has 0 saturated heterocycles. The summed E-state index contributed by atoms with van der Waals surface area (Å²) < 4.78 is 0. The number of hydrogen-bond donors (Lipinski definition) is 0. The summed E-state index contributed by atoms with van der Waals surface area (Å²) in [4.78, 5) is 0. The Labute approximate surface area is 313 Å². The van der Waals surface area contributed by atoms with Crippen LogP contribution in [0, 0.1) is 6.92 Å². The van der Waals surface area contributed by atoms with Crippen molar-refractivity contribution < 1.29 is 48.1 Å². The molecule has 0 spiro atoms. The Balaban J connectivity index is 0.000000189. The maximum Gasteiger partial charge on any atom is -0.0114 e. The predicted molar refractivity (Wildman–Crippen MR) is 201 cm³/mol. The van der Waals surface area contributed by atoms with Crippen LogP contribution in [0.3, 0.4) is 0 Å². The molecule has 0 aromatic heterocycles. The minimum atomic E-state index is 0. The van der Waals surface area contributed by atoms with Crippen molar-refractivity contribution in [2.24, 2.45) is 0 Å². The van der Waals surface area contributed by atoms with E-state index in [1.165, 1.54) is 76.5 Å². The molecule has 0 nitrogen and oxygen atoms in total. The summed E-state index contributed by atoms with van der Waals surface area (Å²) in [6.07, 6.45) is 0. The van der Waals surface area contributed by atoms with E-state index in [1.54, 1.807) is 23.3 Å². The molecular formula is C44H40Cl2SiZr-2. The van der Waals surface area contributed by atoms with Crippen LogP contribution in [0.1, 0.15) is 30.9 Å². The molecule has 0 radical (unpaired) electrons. The van der Waals surface area contributed by atoms with Gasteiger partial charge in [-0.1, -0.05) is 129 Å². The van der Waals surface area contributed by atoms with Crippen molar-refractivity contribution in [3.63, 3.8) is 0 Å². The second-order valence-corrected chi connectivity index (χ2v) is 22.0. The van der Waals surface area contributed by atoms with Gasteiger partial charge in [0, 0.05) is 0 Å². The summed E-state index contributed by atoms with van der Waals surface area (Å²) in [5.41, 5.74) is 8.27. The van der Waals surface area contributed by atoms with Crippen molar-refractivity contribution in [1.29, 1.82) is 0 Å². The van der Waals surface area contributed by atoms with E-state index < -0.39 is 0 Å². The monoisotopic (exact) mass is 756 g/mol. The van der Waals surface area contributed by atoms with Crippen molar-refractivity contribution >= 4 is 48.5 Å². The van der Waals surface area contributed by atoms with E-state index in [2.05, 4.69) is 179 Å². The van der Waals surface area contributed by atoms with Crippen LogP contribution in [0.4, 0.5) is 0 Å². The average Bonchev–Trinajstić information content (AvgIpc) is 3.74. The van der Waals surface area contributed by atoms with Crippen LogP contribution in [0.2, 0.25) is 13.1 Å². The van der Waals surface area contributed by atoms with E-state index in [9.17, 15) is 0 Å². The van der Waals surface area contributed by atoms with E-state index in [0.717, 1.165) is 0 Å². The van der Waals surface area contributed by atoms with Gasteiger partial charge >= 0.3 is 41.9 Å². The van der Waals surface area contributed by atoms with Crippen molar-refractivity contribution in [3.05, 3.63) is 157 Å². The van der Waals surface area contributed by atoms with Gasteiger partial charge in [-0.05, 0) is 38.6 Å². The van der Waals surface area contributed by atoms with E-state index in [0.29, 0.717) is 5.92 Å². The molecule has 0 saturated carbocycles. The number of rotatable bonds is 3. The molecule has 0 unspecified atom stereocenters. The molecule has 8 aromatic rings. The minimum absolute atomic E-state index is 0. The van der Waals surface area contributed by atoms with Crippen LogP contribution in [-0.2, 0) is 23.3 Å². The average molecular weight is 759 g/mol. The van der Waals surface area contributed by atoms with Crippen molar-refractivity contribution in [1.82, 2.24) is 0 Å². The number of fused-ring (bicyclic) bond motifs is 4. The Morgan fingerprint density at radius 2 is 1.04 bits per heavy atom. The molecule has 0 atom stereocenters. The molecular weight excluding hydrogens is 719 g/mol. The number of benzene rings is 6. The van der Waals surface area contributed by atoms with Gasteiger partial charge in [-0.3, -0.25) is 0 Å². The zero-order valence-electron chi connectivity index (χ0n) is 28.2. The van der Waals surface area contributed by atoms with Crippen molar-refractivity contribution in [3.8, 4) is 22.3 Å². The van der Waals surface area contributed by atoms with E-state index >= 15 is 0 Å². The smallest absolute Gasteiger partial charge is 0.0114 e. The van der Waals surface area contributed by atoms with Gasteiger partial charge in [-0.2, -0.15) is 18.2 Å². The molecule has 0 heterocycles. The van der Waals surface area contributed by atoms with Gasteiger partial charge in [0.2, 0.25) is 0 Å². The van der Waals surface area contributed by atoms with Gasteiger partial charge in [-0.15, -0.1) is 63.0 Å². The third-order valence-electron chi connectivity index (χ3n) is 8.63. The molecule has 0 aliphatic rings. The van der Waals surface area contributed by atoms with Crippen molar-refractivity contribution in [2.75, 3.05) is 0 Å². The Bertz CT molecular complexity index is 2290. The Kier molecular flexibility index (Phi) is 13.2. The Morgan fingerprint density at radius 1 is 0.562 bits per heavy atom. The summed E-state index contributed by atoms with van der Waals surface area (Å²) in [5, 5.41) is 10.7. The largest absolute Gasteiger partial charge is 1.00 e. The minimum Gasteiger partial charge on any atom is -1.00 e. The molecule has 0 N–H and O–H groups in total. The zero-order valence-corrected chi connectivity index (χ0v) is 33.2.